The molecular weight excluding hydrogens is 368 g/mol. The second-order valence-corrected chi connectivity index (χ2v) is 9.73. The van der Waals surface area contributed by atoms with E-state index in [0.717, 1.165) is 6.42 Å². The lowest BCUT2D eigenvalue weighted by Crippen LogP contribution is -2.42. The number of amides is 1. The molecule has 0 aromatic heterocycles. The summed E-state index contributed by atoms with van der Waals surface area (Å²) < 4.78 is 27.6. The first kappa shape index (κ1) is 19.8. The van der Waals surface area contributed by atoms with Crippen LogP contribution in [0.25, 0.3) is 0 Å². The third-order valence-electron chi connectivity index (χ3n) is 5.35. The Hall–Kier alpha value is -1.93. The number of carbonyl (C=O) groups is 2. The third kappa shape index (κ3) is 4.01. The fourth-order valence-electron chi connectivity index (χ4n) is 4.17. The van der Waals surface area contributed by atoms with Crippen LogP contribution in [0.3, 0.4) is 0 Å². The van der Waals surface area contributed by atoms with Crippen LogP contribution in [0.1, 0.15) is 43.5 Å². The number of benzene rings is 1. The summed E-state index contributed by atoms with van der Waals surface area (Å²) in [5.74, 6) is -0.887. The molecule has 2 aliphatic heterocycles. The number of hydrogen-bond acceptors (Lipinski definition) is 4. The van der Waals surface area contributed by atoms with E-state index < -0.39 is 27.9 Å². The van der Waals surface area contributed by atoms with E-state index >= 15 is 0 Å². The van der Waals surface area contributed by atoms with Gasteiger partial charge >= 0.3 is 5.97 Å². The van der Waals surface area contributed by atoms with Gasteiger partial charge in [-0.05, 0) is 49.3 Å². The predicted molar refractivity (Wildman–Crippen MR) is 99.8 cm³/mol. The zero-order valence-corrected chi connectivity index (χ0v) is 16.5. The quantitative estimate of drug-likeness (QED) is 0.843. The van der Waals surface area contributed by atoms with Gasteiger partial charge in [0.2, 0.25) is 10.0 Å². The summed E-state index contributed by atoms with van der Waals surface area (Å²) in [5, 5.41) is 9.29. The molecule has 0 spiro atoms. The minimum atomic E-state index is -3.69. The lowest BCUT2D eigenvalue weighted by Gasteiger charge is -2.34. The van der Waals surface area contributed by atoms with E-state index in [-0.39, 0.29) is 22.3 Å². The molecule has 8 heteroatoms. The standard InChI is InChI=1S/C19H26N2O5S/c1-13-9-14(2)12-20(11-13)27(25,26)16-6-3-5-15(10-16)18(22)21-8-4-7-17(21)19(23)24/h3,5-6,10,13-14,17H,4,7-9,11-12H2,1-2H3,(H,23,24). The van der Waals surface area contributed by atoms with Crippen molar-refractivity contribution >= 4 is 21.9 Å². The average molecular weight is 394 g/mol. The molecule has 3 atom stereocenters. The van der Waals surface area contributed by atoms with Crippen LogP contribution in [0.2, 0.25) is 0 Å². The third-order valence-corrected chi connectivity index (χ3v) is 7.18. The number of carboxylic acid groups (broad SMARTS) is 1. The lowest BCUT2D eigenvalue weighted by atomic mass is 9.94. The highest BCUT2D eigenvalue weighted by Crippen LogP contribution is 2.28. The molecular formula is C19H26N2O5S. The van der Waals surface area contributed by atoms with Crippen molar-refractivity contribution in [2.45, 2.75) is 44.0 Å². The van der Waals surface area contributed by atoms with E-state index in [4.69, 9.17) is 0 Å². The van der Waals surface area contributed by atoms with Crippen molar-refractivity contribution in [3.8, 4) is 0 Å². The maximum absolute atomic E-state index is 13.1. The second-order valence-electron chi connectivity index (χ2n) is 7.79. The Morgan fingerprint density at radius 3 is 2.44 bits per heavy atom. The molecule has 148 valence electrons. The highest BCUT2D eigenvalue weighted by Gasteiger charge is 2.36. The number of nitrogens with zero attached hydrogens (tertiary/aromatic N) is 2. The lowest BCUT2D eigenvalue weighted by molar-refractivity contribution is -0.141. The van der Waals surface area contributed by atoms with Crippen molar-refractivity contribution < 1.29 is 23.1 Å². The van der Waals surface area contributed by atoms with Crippen molar-refractivity contribution in [2.75, 3.05) is 19.6 Å². The molecule has 1 N–H and O–H groups in total. The molecule has 3 rings (SSSR count). The van der Waals surface area contributed by atoms with Crippen LogP contribution in [0.4, 0.5) is 0 Å². The van der Waals surface area contributed by atoms with Gasteiger partial charge in [0.1, 0.15) is 6.04 Å². The van der Waals surface area contributed by atoms with Crippen molar-refractivity contribution in [2.24, 2.45) is 11.8 Å². The van der Waals surface area contributed by atoms with E-state index in [1.807, 2.05) is 13.8 Å². The number of likely N-dealkylation sites (tertiary alicyclic amines) is 1. The van der Waals surface area contributed by atoms with Gasteiger partial charge in [-0.15, -0.1) is 0 Å². The summed E-state index contributed by atoms with van der Waals surface area (Å²) in [7, 11) is -3.69. The van der Waals surface area contributed by atoms with Crippen LogP contribution < -0.4 is 0 Å². The zero-order valence-electron chi connectivity index (χ0n) is 15.7. The van der Waals surface area contributed by atoms with E-state index in [9.17, 15) is 23.1 Å². The summed E-state index contributed by atoms with van der Waals surface area (Å²) in [6.07, 6.45) is 2.04. The predicted octanol–water partition coefficient (Wildman–Crippen LogP) is 2.04. The van der Waals surface area contributed by atoms with Crippen molar-refractivity contribution in [1.29, 1.82) is 0 Å². The molecule has 3 unspecified atom stereocenters. The topological polar surface area (TPSA) is 95.0 Å². The number of sulfonamides is 1. The van der Waals surface area contributed by atoms with Gasteiger partial charge in [0, 0.05) is 25.2 Å². The van der Waals surface area contributed by atoms with E-state index in [2.05, 4.69) is 0 Å². The highest BCUT2D eigenvalue weighted by atomic mass is 32.2. The van der Waals surface area contributed by atoms with Gasteiger partial charge in [-0.1, -0.05) is 19.9 Å². The highest BCUT2D eigenvalue weighted by molar-refractivity contribution is 7.89. The maximum Gasteiger partial charge on any atom is 0.326 e. The summed E-state index contributed by atoms with van der Waals surface area (Å²) in [5.41, 5.74) is 0.210. The first-order chi connectivity index (χ1) is 12.7. The van der Waals surface area contributed by atoms with E-state index in [1.165, 1.54) is 21.3 Å². The van der Waals surface area contributed by atoms with E-state index in [1.54, 1.807) is 12.1 Å². The second kappa shape index (κ2) is 7.59. The number of hydrogen-bond donors (Lipinski definition) is 1. The molecule has 0 radical (unpaired) electrons. The Labute approximate surface area is 160 Å². The van der Waals surface area contributed by atoms with Gasteiger partial charge in [0.05, 0.1) is 4.90 Å². The summed E-state index contributed by atoms with van der Waals surface area (Å²) >= 11 is 0. The molecule has 2 fully saturated rings. The van der Waals surface area contributed by atoms with Gasteiger partial charge < -0.3 is 10.0 Å². The van der Waals surface area contributed by atoms with Crippen LogP contribution in [-0.4, -0.2) is 60.3 Å². The Morgan fingerprint density at radius 2 is 1.81 bits per heavy atom. The Morgan fingerprint density at radius 1 is 1.15 bits per heavy atom. The minimum absolute atomic E-state index is 0.0840. The number of aliphatic carboxylic acids is 1. The fraction of sp³-hybridized carbons (Fsp3) is 0.579. The monoisotopic (exact) mass is 394 g/mol. The molecule has 7 nitrogen and oxygen atoms in total. The Balaban J connectivity index is 1.87. The number of rotatable bonds is 4. The fourth-order valence-corrected chi connectivity index (χ4v) is 5.90. The molecule has 1 amide bonds. The van der Waals surface area contributed by atoms with Gasteiger partial charge in [-0.2, -0.15) is 4.31 Å². The molecule has 2 saturated heterocycles. The molecule has 0 bridgehead atoms. The van der Waals surface area contributed by atoms with Crippen molar-refractivity contribution in [3.63, 3.8) is 0 Å². The largest absolute Gasteiger partial charge is 0.480 e. The molecule has 2 aliphatic rings. The molecule has 0 saturated carbocycles. The van der Waals surface area contributed by atoms with Crippen molar-refractivity contribution in [1.82, 2.24) is 9.21 Å². The molecule has 2 heterocycles. The average Bonchev–Trinajstić information content (AvgIpc) is 3.10. The summed E-state index contributed by atoms with van der Waals surface area (Å²) in [6, 6.07) is 5.11. The normalized spacial score (nSPS) is 26.9. The van der Waals surface area contributed by atoms with Crippen LogP contribution in [0, 0.1) is 11.8 Å². The molecule has 1 aromatic rings. The van der Waals surface area contributed by atoms with Crippen LogP contribution >= 0.6 is 0 Å². The Bertz CT molecular complexity index is 828. The van der Waals surface area contributed by atoms with Gasteiger partial charge in [-0.25, -0.2) is 13.2 Å². The maximum atomic E-state index is 13.1. The van der Waals surface area contributed by atoms with Crippen LogP contribution in [0.15, 0.2) is 29.2 Å². The zero-order chi connectivity index (χ0) is 19.8. The van der Waals surface area contributed by atoms with Crippen LogP contribution in [0.5, 0.6) is 0 Å². The number of piperidine rings is 1. The van der Waals surface area contributed by atoms with Gasteiger partial charge in [-0.3, -0.25) is 4.79 Å². The Kier molecular flexibility index (Phi) is 5.58. The molecule has 1 aromatic carbocycles. The summed E-state index contributed by atoms with van der Waals surface area (Å²) in [6.45, 7) is 5.39. The first-order valence-corrected chi connectivity index (χ1v) is 10.8. The van der Waals surface area contributed by atoms with E-state index in [0.29, 0.717) is 32.5 Å². The van der Waals surface area contributed by atoms with Gasteiger partial charge in [0.15, 0.2) is 0 Å². The van der Waals surface area contributed by atoms with Crippen molar-refractivity contribution in [3.05, 3.63) is 29.8 Å². The van der Waals surface area contributed by atoms with Crippen LogP contribution in [-0.2, 0) is 14.8 Å². The minimum Gasteiger partial charge on any atom is -0.480 e. The smallest absolute Gasteiger partial charge is 0.326 e. The molecule has 0 aliphatic carbocycles. The number of carbonyl (C=O) groups excluding carboxylic acids is 1. The van der Waals surface area contributed by atoms with Gasteiger partial charge in [0.25, 0.3) is 5.91 Å². The molecule has 27 heavy (non-hydrogen) atoms. The summed E-state index contributed by atoms with van der Waals surface area (Å²) in [4.78, 5) is 25.5. The SMILES string of the molecule is CC1CC(C)CN(S(=O)(=O)c2cccc(C(=O)N3CCCC3C(=O)O)c2)C1. The first-order valence-electron chi connectivity index (χ1n) is 9.34. The number of carboxylic acids is 1.